The van der Waals surface area contributed by atoms with Gasteiger partial charge >= 0.3 is 0 Å². The molecule has 1 aromatic carbocycles. The van der Waals surface area contributed by atoms with Gasteiger partial charge < -0.3 is 10.1 Å². The highest BCUT2D eigenvalue weighted by atomic mass is 79.9. The number of benzene rings is 1. The van der Waals surface area contributed by atoms with Crippen LogP contribution < -0.4 is 10.1 Å². The van der Waals surface area contributed by atoms with E-state index in [0.29, 0.717) is 22.7 Å². The highest BCUT2D eigenvalue weighted by molar-refractivity contribution is 9.10. The first-order valence-corrected chi connectivity index (χ1v) is 6.82. The maximum absolute atomic E-state index is 13.3. The minimum atomic E-state index is -0.449. The van der Waals surface area contributed by atoms with E-state index in [1.54, 1.807) is 0 Å². The molecule has 2 rings (SSSR count). The second-order valence-corrected chi connectivity index (χ2v) is 5.46. The highest BCUT2D eigenvalue weighted by Gasteiger charge is 2.15. The number of hydrogen-bond donors (Lipinski definition) is 1. The van der Waals surface area contributed by atoms with E-state index in [2.05, 4.69) is 21.2 Å². The average molecular weight is 323 g/mol. The first-order valence-electron chi connectivity index (χ1n) is 5.65. The Morgan fingerprint density at radius 1 is 1.41 bits per heavy atom. The molecule has 0 spiro atoms. The quantitative estimate of drug-likeness (QED) is 0.858. The predicted molar refractivity (Wildman–Crippen MR) is 70.2 cm³/mol. The second kappa shape index (κ2) is 6.03. The number of piperidine rings is 1. The molecule has 5 heteroatoms. The summed E-state index contributed by atoms with van der Waals surface area (Å²) in [4.78, 5) is 0. The lowest BCUT2D eigenvalue weighted by Crippen LogP contribution is -2.30. The first-order chi connectivity index (χ1) is 8.16. The van der Waals surface area contributed by atoms with Gasteiger partial charge in [-0.25, -0.2) is 4.39 Å². The van der Waals surface area contributed by atoms with Crippen molar-refractivity contribution in [3.63, 3.8) is 0 Å². The Morgan fingerprint density at radius 3 is 2.82 bits per heavy atom. The van der Waals surface area contributed by atoms with Gasteiger partial charge in [0.25, 0.3) is 0 Å². The van der Waals surface area contributed by atoms with Gasteiger partial charge in [-0.3, -0.25) is 0 Å². The fourth-order valence-corrected chi connectivity index (χ4v) is 2.62. The number of ether oxygens (including phenoxy) is 1. The summed E-state index contributed by atoms with van der Waals surface area (Å²) >= 11 is 8.98. The Hall–Kier alpha value is -0.320. The van der Waals surface area contributed by atoms with Crippen LogP contribution in [0.5, 0.6) is 5.75 Å². The zero-order chi connectivity index (χ0) is 12.3. The van der Waals surface area contributed by atoms with Crippen molar-refractivity contribution < 1.29 is 9.13 Å². The molecule has 1 N–H and O–H groups in total. The Bertz CT molecular complexity index is 396. The summed E-state index contributed by atoms with van der Waals surface area (Å²) in [6.45, 7) is 2.69. The van der Waals surface area contributed by atoms with Crippen LogP contribution in [-0.4, -0.2) is 19.7 Å². The van der Waals surface area contributed by atoms with E-state index in [9.17, 15) is 4.39 Å². The van der Waals surface area contributed by atoms with Gasteiger partial charge in [0.2, 0.25) is 0 Å². The van der Waals surface area contributed by atoms with Crippen LogP contribution >= 0.6 is 27.5 Å². The molecule has 0 unspecified atom stereocenters. The maximum atomic E-state index is 13.3. The molecule has 0 aliphatic carbocycles. The topological polar surface area (TPSA) is 21.3 Å². The molecular formula is C12H14BrClFNO. The van der Waals surface area contributed by atoms with E-state index < -0.39 is 5.82 Å². The lowest BCUT2D eigenvalue weighted by atomic mass is 9.99. The third-order valence-electron chi connectivity index (χ3n) is 2.91. The molecule has 1 saturated heterocycles. The van der Waals surface area contributed by atoms with Crippen molar-refractivity contribution in [3.05, 3.63) is 27.4 Å². The van der Waals surface area contributed by atoms with Crippen LogP contribution in [0.3, 0.4) is 0 Å². The Balaban J connectivity index is 1.96. The molecule has 0 radical (unpaired) electrons. The SMILES string of the molecule is Fc1cc(OCC2CCNCC2)c(Br)cc1Cl. The van der Waals surface area contributed by atoms with Crippen LogP contribution in [0.1, 0.15) is 12.8 Å². The third-order valence-corrected chi connectivity index (χ3v) is 3.82. The smallest absolute Gasteiger partial charge is 0.145 e. The standard InChI is InChI=1S/C12H14BrClFNO/c13-9-5-10(14)11(15)6-12(9)17-7-8-1-3-16-4-2-8/h5-6,8,16H,1-4,7H2. The molecule has 0 amide bonds. The molecule has 1 fully saturated rings. The van der Waals surface area contributed by atoms with Crippen molar-refractivity contribution in [2.45, 2.75) is 12.8 Å². The zero-order valence-electron chi connectivity index (χ0n) is 9.31. The van der Waals surface area contributed by atoms with Gasteiger partial charge in [-0.15, -0.1) is 0 Å². The van der Waals surface area contributed by atoms with Crippen molar-refractivity contribution in [1.29, 1.82) is 0 Å². The van der Waals surface area contributed by atoms with Gasteiger partial charge in [-0.2, -0.15) is 0 Å². The fraction of sp³-hybridized carbons (Fsp3) is 0.500. The number of hydrogen-bond acceptors (Lipinski definition) is 2. The summed E-state index contributed by atoms with van der Waals surface area (Å²) in [5.41, 5.74) is 0. The van der Waals surface area contributed by atoms with E-state index >= 15 is 0 Å². The van der Waals surface area contributed by atoms with Crippen molar-refractivity contribution in [3.8, 4) is 5.75 Å². The predicted octanol–water partition coefficient (Wildman–Crippen LogP) is 3.62. The molecule has 94 valence electrons. The van der Waals surface area contributed by atoms with Crippen LogP contribution in [-0.2, 0) is 0 Å². The molecule has 2 nitrogen and oxygen atoms in total. The van der Waals surface area contributed by atoms with Gasteiger partial charge in [0, 0.05) is 6.07 Å². The minimum Gasteiger partial charge on any atom is -0.492 e. The molecule has 1 heterocycles. The van der Waals surface area contributed by atoms with E-state index in [1.165, 1.54) is 12.1 Å². The van der Waals surface area contributed by atoms with E-state index in [4.69, 9.17) is 16.3 Å². The molecule has 0 saturated carbocycles. The summed E-state index contributed by atoms with van der Waals surface area (Å²) in [6, 6.07) is 2.85. The Morgan fingerprint density at radius 2 is 2.12 bits per heavy atom. The minimum absolute atomic E-state index is 0.103. The number of nitrogens with one attached hydrogen (secondary N) is 1. The van der Waals surface area contributed by atoms with Crippen molar-refractivity contribution in [2.75, 3.05) is 19.7 Å². The molecule has 17 heavy (non-hydrogen) atoms. The number of rotatable bonds is 3. The maximum Gasteiger partial charge on any atom is 0.145 e. The second-order valence-electron chi connectivity index (χ2n) is 4.20. The number of halogens is 3. The Kier molecular flexibility index (Phi) is 4.65. The third kappa shape index (κ3) is 3.57. The van der Waals surface area contributed by atoms with Crippen molar-refractivity contribution >= 4 is 27.5 Å². The van der Waals surface area contributed by atoms with Crippen molar-refractivity contribution in [2.24, 2.45) is 5.92 Å². The molecular weight excluding hydrogens is 308 g/mol. The zero-order valence-corrected chi connectivity index (χ0v) is 11.7. The van der Waals surface area contributed by atoms with Crippen LogP contribution in [0.15, 0.2) is 16.6 Å². The Labute approximate surface area is 114 Å². The first kappa shape index (κ1) is 13.1. The molecule has 1 aliphatic rings. The summed E-state index contributed by atoms with van der Waals surface area (Å²) in [6.07, 6.45) is 2.21. The lowest BCUT2D eigenvalue weighted by Gasteiger charge is -2.22. The molecule has 0 aromatic heterocycles. The summed E-state index contributed by atoms with van der Waals surface area (Å²) in [5.74, 6) is 0.613. The fourth-order valence-electron chi connectivity index (χ4n) is 1.87. The normalized spacial score (nSPS) is 17.1. The molecule has 0 atom stereocenters. The largest absolute Gasteiger partial charge is 0.492 e. The van der Waals surface area contributed by atoms with Crippen LogP contribution in [0.25, 0.3) is 0 Å². The van der Waals surface area contributed by atoms with Gasteiger partial charge in [0.15, 0.2) is 0 Å². The summed E-state index contributed by atoms with van der Waals surface area (Å²) in [5, 5.41) is 3.40. The van der Waals surface area contributed by atoms with E-state index in [-0.39, 0.29) is 5.02 Å². The molecule has 1 aliphatic heterocycles. The van der Waals surface area contributed by atoms with Crippen LogP contribution in [0.4, 0.5) is 4.39 Å². The van der Waals surface area contributed by atoms with Gasteiger partial charge in [0.05, 0.1) is 16.1 Å². The lowest BCUT2D eigenvalue weighted by molar-refractivity contribution is 0.213. The van der Waals surface area contributed by atoms with E-state index in [0.717, 1.165) is 25.9 Å². The van der Waals surface area contributed by atoms with Gasteiger partial charge in [-0.1, -0.05) is 11.6 Å². The average Bonchev–Trinajstić information content (AvgIpc) is 2.33. The van der Waals surface area contributed by atoms with E-state index in [1.807, 2.05) is 0 Å². The molecule has 1 aromatic rings. The summed E-state index contributed by atoms with van der Waals surface area (Å²) in [7, 11) is 0. The summed E-state index contributed by atoms with van der Waals surface area (Å²) < 4.78 is 19.6. The van der Waals surface area contributed by atoms with Crippen LogP contribution in [0, 0.1) is 11.7 Å². The highest BCUT2D eigenvalue weighted by Crippen LogP contribution is 2.31. The monoisotopic (exact) mass is 321 g/mol. The van der Waals surface area contributed by atoms with Crippen LogP contribution in [0.2, 0.25) is 5.02 Å². The van der Waals surface area contributed by atoms with Gasteiger partial charge in [0.1, 0.15) is 11.6 Å². The van der Waals surface area contributed by atoms with Gasteiger partial charge in [-0.05, 0) is 53.8 Å². The molecule has 0 bridgehead atoms. The van der Waals surface area contributed by atoms with Crippen molar-refractivity contribution in [1.82, 2.24) is 5.32 Å².